The van der Waals surface area contributed by atoms with E-state index in [2.05, 4.69) is 5.32 Å². The number of benzene rings is 1. The van der Waals surface area contributed by atoms with Gasteiger partial charge in [-0.1, -0.05) is 26.0 Å². The lowest BCUT2D eigenvalue weighted by Crippen LogP contribution is -2.31. The van der Waals surface area contributed by atoms with Crippen LogP contribution >= 0.6 is 0 Å². The van der Waals surface area contributed by atoms with E-state index in [4.69, 9.17) is 4.74 Å². The van der Waals surface area contributed by atoms with Crippen LogP contribution in [-0.4, -0.2) is 24.2 Å². The van der Waals surface area contributed by atoms with Crippen molar-refractivity contribution in [1.82, 2.24) is 5.32 Å². The van der Waals surface area contributed by atoms with E-state index in [1.54, 1.807) is 31.2 Å². The number of carbonyl (C=O) groups excluding carboxylic acids is 1. The zero-order valence-corrected chi connectivity index (χ0v) is 11.1. The number of aliphatic hydroxyl groups is 1. The van der Waals surface area contributed by atoms with Gasteiger partial charge in [-0.3, -0.25) is 4.79 Å². The summed E-state index contributed by atoms with van der Waals surface area (Å²) in [6, 6.07) is 7.06. The first-order chi connectivity index (χ1) is 8.49. The molecule has 0 saturated carbocycles. The molecule has 100 valence electrons. The lowest BCUT2D eigenvalue weighted by Gasteiger charge is -2.10. The average Bonchev–Trinajstić information content (AvgIpc) is 2.34. The van der Waals surface area contributed by atoms with Crippen molar-refractivity contribution in [3.63, 3.8) is 0 Å². The summed E-state index contributed by atoms with van der Waals surface area (Å²) in [4.78, 5) is 11.4. The van der Waals surface area contributed by atoms with E-state index in [1.165, 1.54) is 0 Å². The molecule has 0 bridgehead atoms. The minimum Gasteiger partial charge on any atom is -0.484 e. The molecule has 0 aliphatic carbocycles. The van der Waals surface area contributed by atoms with E-state index in [0.29, 0.717) is 18.2 Å². The summed E-state index contributed by atoms with van der Waals surface area (Å²) < 4.78 is 5.34. The molecule has 18 heavy (non-hydrogen) atoms. The summed E-state index contributed by atoms with van der Waals surface area (Å²) in [5.74, 6) is 0.932. The maximum absolute atomic E-state index is 11.4. The standard InChI is InChI=1S/C14H21NO3/c1-10(2)8-15-14(17)9-18-13-6-4-12(5-7-13)11(3)16/h4-7,10-11,16H,8-9H2,1-3H3,(H,15,17)/t11-/m0/s1. The van der Waals surface area contributed by atoms with Crippen LogP contribution < -0.4 is 10.1 Å². The molecular formula is C14H21NO3. The third kappa shape index (κ3) is 5.19. The van der Waals surface area contributed by atoms with Gasteiger partial charge in [0.2, 0.25) is 0 Å². The van der Waals surface area contributed by atoms with Gasteiger partial charge in [-0.25, -0.2) is 0 Å². The molecule has 0 aliphatic rings. The largest absolute Gasteiger partial charge is 0.484 e. The van der Waals surface area contributed by atoms with E-state index in [1.807, 2.05) is 13.8 Å². The van der Waals surface area contributed by atoms with Crippen LogP contribution in [0.25, 0.3) is 0 Å². The normalized spacial score (nSPS) is 12.3. The van der Waals surface area contributed by atoms with Crippen LogP contribution in [-0.2, 0) is 4.79 Å². The molecule has 0 heterocycles. The fourth-order valence-electron chi connectivity index (χ4n) is 1.36. The quantitative estimate of drug-likeness (QED) is 0.811. The Morgan fingerprint density at radius 2 is 1.89 bits per heavy atom. The Morgan fingerprint density at radius 3 is 2.39 bits per heavy atom. The molecule has 2 N–H and O–H groups in total. The molecule has 4 heteroatoms. The summed E-state index contributed by atoms with van der Waals surface area (Å²) in [5, 5.41) is 12.1. The van der Waals surface area contributed by atoms with Gasteiger partial charge >= 0.3 is 0 Å². The van der Waals surface area contributed by atoms with Gasteiger partial charge in [-0.05, 0) is 30.5 Å². The number of carbonyl (C=O) groups is 1. The Hall–Kier alpha value is -1.55. The van der Waals surface area contributed by atoms with Crippen LogP contribution in [0.15, 0.2) is 24.3 Å². The molecule has 0 unspecified atom stereocenters. The Kier molecular flexibility index (Phi) is 5.65. The molecule has 0 aromatic heterocycles. The molecule has 1 aromatic rings. The van der Waals surface area contributed by atoms with E-state index >= 15 is 0 Å². The van der Waals surface area contributed by atoms with Crippen molar-refractivity contribution in [3.8, 4) is 5.75 Å². The predicted octanol–water partition coefficient (Wildman–Crippen LogP) is 1.89. The second-order valence-electron chi connectivity index (χ2n) is 4.73. The highest BCUT2D eigenvalue weighted by Gasteiger charge is 2.04. The smallest absolute Gasteiger partial charge is 0.257 e. The number of hydrogen-bond donors (Lipinski definition) is 2. The summed E-state index contributed by atoms with van der Waals surface area (Å²) in [6.07, 6.45) is -0.492. The Balaban J connectivity index is 2.37. The van der Waals surface area contributed by atoms with Gasteiger partial charge in [-0.15, -0.1) is 0 Å². The molecule has 0 saturated heterocycles. The van der Waals surface area contributed by atoms with Gasteiger partial charge in [0.05, 0.1) is 6.10 Å². The number of aliphatic hydroxyl groups excluding tert-OH is 1. The molecule has 1 rings (SSSR count). The molecular weight excluding hydrogens is 230 g/mol. The average molecular weight is 251 g/mol. The van der Waals surface area contributed by atoms with E-state index in [9.17, 15) is 9.90 Å². The monoisotopic (exact) mass is 251 g/mol. The highest BCUT2D eigenvalue weighted by Crippen LogP contribution is 2.16. The highest BCUT2D eigenvalue weighted by atomic mass is 16.5. The van der Waals surface area contributed by atoms with Crippen molar-refractivity contribution < 1.29 is 14.6 Å². The molecule has 1 atom stereocenters. The zero-order chi connectivity index (χ0) is 13.5. The number of nitrogens with one attached hydrogen (secondary N) is 1. The third-order valence-electron chi connectivity index (χ3n) is 2.44. The Bertz CT molecular complexity index is 371. The van der Waals surface area contributed by atoms with E-state index in [0.717, 1.165) is 5.56 Å². The van der Waals surface area contributed by atoms with Crippen LogP contribution in [0.2, 0.25) is 0 Å². The third-order valence-corrected chi connectivity index (χ3v) is 2.44. The van der Waals surface area contributed by atoms with Gasteiger partial charge in [0.15, 0.2) is 6.61 Å². The molecule has 0 aliphatic heterocycles. The molecule has 4 nitrogen and oxygen atoms in total. The fraction of sp³-hybridized carbons (Fsp3) is 0.500. The molecule has 1 aromatic carbocycles. The fourth-order valence-corrected chi connectivity index (χ4v) is 1.36. The summed E-state index contributed by atoms with van der Waals surface area (Å²) in [6.45, 7) is 6.45. The van der Waals surface area contributed by atoms with E-state index in [-0.39, 0.29) is 12.5 Å². The SMILES string of the molecule is CC(C)CNC(=O)COc1ccc([C@H](C)O)cc1. The predicted molar refractivity (Wildman–Crippen MR) is 70.4 cm³/mol. The molecule has 1 amide bonds. The summed E-state index contributed by atoms with van der Waals surface area (Å²) in [5.41, 5.74) is 0.826. The highest BCUT2D eigenvalue weighted by molar-refractivity contribution is 5.77. The lowest BCUT2D eigenvalue weighted by atomic mass is 10.1. The van der Waals surface area contributed by atoms with E-state index < -0.39 is 6.10 Å². The van der Waals surface area contributed by atoms with Crippen molar-refractivity contribution in [2.45, 2.75) is 26.9 Å². The van der Waals surface area contributed by atoms with Gasteiger partial charge in [-0.2, -0.15) is 0 Å². The van der Waals surface area contributed by atoms with Crippen LogP contribution in [0.1, 0.15) is 32.4 Å². The van der Waals surface area contributed by atoms with Crippen molar-refractivity contribution in [2.24, 2.45) is 5.92 Å². The lowest BCUT2D eigenvalue weighted by molar-refractivity contribution is -0.123. The van der Waals surface area contributed by atoms with Crippen LogP contribution in [0, 0.1) is 5.92 Å². The minimum absolute atomic E-state index is 0.0146. The Morgan fingerprint density at radius 1 is 1.28 bits per heavy atom. The number of hydrogen-bond acceptors (Lipinski definition) is 3. The van der Waals surface area contributed by atoms with Crippen molar-refractivity contribution >= 4 is 5.91 Å². The second kappa shape index (κ2) is 7.01. The number of ether oxygens (including phenoxy) is 1. The first-order valence-corrected chi connectivity index (χ1v) is 6.16. The topological polar surface area (TPSA) is 58.6 Å². The zero-order valence-electron chi connectivity index (χ0n) is 11.1. The Labute approximate surface area is 108 Å². The summed E-state index contributed by atoms with van der Waals surface area (Å²) in [7, 11) is 0. The van der Waals surface area contributed by atoms with Gasteiger partial charge in [0.1, 0.15) is 5.75 Å². The maximum Gasteiger partial charge on any atom is 0.257 e. The van der Waals surface area contributed by atoms with Crippen molar-refractivity contribution in [2.75, 3.05) is 13.2 Å². The number of amides is 1. The van der Waals surface area contributed by atoms with Crippen molar-refractivity contribution in [3.05, 3.63) is 29.8 Å². The molecule has 0 spiro atoms. The first-order valence-electron chi connectivity index (χ1n) is 6.16. The van der Waals surface area contributed by atoms with Crippen LogP contribution in [0.5, 0.6) is 5.75 Å². The number of rotatable bonds is 6. The van der Waals surface area contributed by atoms with Gasteiger partial charge < -0.3 is 15.2 Å². The van der Waals surface area contributed by atoms with Gasteiger partial charge in [0, 0.05) is 6.54 Å². The molecule has 0 fully saturated rings. The molecule has 0 radical (unpaired) electrons. The van der Waals surface area contributed by atoms with Crippen molar-refractivity contribution in [1.29, 1.82) is 0 Å². The maximum atomic E-state index is 11.4. The minimum atomic E-state index is -0.492. The van der Waals surface area contributed by atoms with Crippen LogP contribution in [0.3, 0.4) is 0 Å². The van der Waals surface area contributed by atoms with Crippen LogP contribution in [0.4, 0.5) is 0 Å². The van der Waals surface area contributed by atoms with Gasteiger partial charge in [0.25, 0.3) is 5.91 Å². The summed E-state index contributed by atoms with van der Waals surface area (Å²) >= 11 is 0. The second-order valence-corrected chi connectivity index (χ2v) is 4.73. The first kappa shape index (κ1) is 14.5.